The highest BCUT2D eigenvalue weighted by molar-refractivity contribution is 5.88. The summed E-state index contributed by atoms with van der Waals surface area (Å²) in [5.41, 5.74) is 0.506. The topological polar surface area (TPSA) is 45.2 Å². The number of rotatable bonds is 2. The van der Waals surface area contributed by atoms with E-state index in [0.29, 0.717) is 0 Å². The molecule has 0 unspecified atom stereocenters. The van der Waals surface area contributed by atoms with Crippen molar-refractivity contribution in [2.45, 2.75) is 18.3 Å². The lowest BCUT2D eigenvalue weighted by Crippen LogP contribution is -2.49. The molecule has 0 spiro atoms. The molecule has 2 rings (SSSR count). The number of pyridine rings is 1. The summed E-state index contributed by atoms with van der Waals surface area (Å²) in [6.45, 7) is 1.45. The number of hydrogen-bond donors (Lipinski definition) is 1. The quantitative estimate of drug-likeness (QED) is 0.820. The number of nitrogens with zero attached hydrogens (tertiary/aromatic N) is 2. The fourth-order valence-electron chi connectivity index (χ4n) is 2.44. The van der Waals surface area contributed by atoms with Crippen LogP contribution in [0.3, 0.4) is 0 Å². The van der Waals surface area contributed by atoms with Gasteiger partial charge in [0.05, 0.1) is 5.41 Å². The number of hydrogen-bond acceptors (Lipinski definition) is 3. The largest absolute Gasteiger partial charge is 0.358 e. The Kier molecular flexibility index (Phi) is 3.43. The predicted molar refractivity (Wildman–Crippen MR) is 65.1 cm³/mol. The Balaban J connectivity index is 2.35. The van der Waals surface area contributed by atoms with Crippen LogP contribution in [0.1, 0.15) is 18.4 Å². The lowest BCUT2D eigenvalue weighted by molar-refractivity contribution is -0.128. The Bertz CT molecular complexity index is 383. The minimum atomic E-state index is -0.473. The first kappa shape index (κ1) is 12.0. The standard InChI is InChI=1S/C13H17N3O/c1-14-12(17)13(5-8-16(2)9-6-13)11-4-3-7-15-10-11/h2-4,7,10H,5-6,8-9H2,1H3,(H,14,17). The molecule has 0 saturated carbocycles. The van der Waals surface area contributed by atoms with Crippen molar-refractivity contribution in [3.63, 3.8) is 0 Å². The second-order valence-electron chi connectivity index (χ2n) is 4.44. The molecular formula is C13H17N3O. The van der Waals surface area contributed by atoms with E-state index in [2.05, 4.69) is 10.3 Å². The minimum absolute atomic E-state index is 0.0543. The molecule has 1 aliphatic rings. The van der Waals surface area contributed by atoms with Crippen molar-refractivity contribution in [2.75, 3.05) is 20.1 Å². The molecule has 0 aromatic carbocycles. The van der Waals surface area contributed by atoms with Gasteiger partial charge in [-0.1, -0.05) is 6.07 Å². The zero-order valence-electron chi connectivity index (χ0n) is 10.0. The second kappa shape index (κ2) is 4.84. The highest BCUT2D eigenvalue weighted by Gasteiger charge is 2.41. The molecule has 4 nitrogen and oxygen atoms in total. The summed E-state index contributed by atoms with van der Waals surface area (Å²) in [4.78, 5) is 18.1. The molecule has 1 fully saturated rings. The Morgan fingerprint density at radius 2 is 2.24 bits per heavy atom. The van der Waals surface area contributed by atoms with Crippen LogP contribution in [0.5, 0.6) is 0 Å². The highest BCUT2D eigenvalue weighted by atomic mass is 16.2. The molecular weight excluding hydrogens is 214 g/mol. The molecule has 0 bridgehead atoms. The highest BCUT2D eigenvalue weighted by Crippen LogP contribution is 2.35. The van der Waals surface area contributed by atoms with Crippen molar-refractivity contribution in [2.24, 2.45) is 0 Å². The summed E-state index contributed by atoms with van der Waals surface area (Å²) in [6, 6.07) is 3.84. The van der Waals surface area contributed by atoms with Crippen LogP contribution >= 0.6 is 0 Å². The van der Waals surface area contributed by atoms with Gasteiger partial charge in [-0.05, 0) is 37.6 Å². The molecule has 4 heteroatoms. The van der Waals surface area contributed by atoms with Crippen molar-refractivity contribution < 1.29 is 4.79 Å². The number of aromatic nitrogens is 1. The van der Waals surface area contributed by atoms with Crippen molar-refractivity contribution >= 4 is 5.91 Å². The van der Waals surface area contributed by atoms with E-state index in [4.69, 9.17) is 7.05 Å². The Morgan fingerprint density at radius 3 is 2.76 bits per heavy atom. The zero-order valence-corrected chi connectivity index (χ0v) is 10.0. The molecule has 90 valence electrons. The van der Waals surface area contributed by atoms with E-state index in [-0.39, 0.29) is 5.91 Å². The lowest BCUT2D eigenvalue weighted by Gasteiger charge is -2.39. The van der Waals surface area contributed by atoms with E-state index in [1.807, 2.05) is 12.1 Å². The van der Waals surface area contributed by atoms with Gasteiger partial charge in [-0.3, -0.25) is 14.7 Å². The third-order valence-corrected chi connectivity index (χ3v) is 3.53. The molecule has 1 N–H and O–H groups in total. The number of carbonyl (C=O) groups is 1. The molecule has 1 aliphatic heterocycles. The normalized spacial score (nSPS) is 19.9. The number of likely N-dealkylation sites (N-methyl/N-ethyl adjacent to an activating group) is 1. The van der Waals surface area contributed by atoms with Gasteiger partial charge in [0.2, 0.25) is 5.91 Å². The number of amides is 1. The van der Waals surface area contributed by atoms with E-state index in [9.17, 15) is 4.79 Å². The molecule has 1 saturated heterocycles. The average Bonchev–Trinajstić information content (AvgIpc) is 2.40. The van der Waals surface area contributed by atoms with Crippen LogP contribution in [0.15, 0.2) is 24.5 Å². The fraction of sp³-hybridized carbons (Fsp3) is 0.462. The predicted octanol–water partition coefficient (Wildman–Crippen LogP) is 0.830. The lowest BCUT2D eigenvalue weighted by atomic mass is 9.72. The smallest absolute Gasteiger partial charge is 0.230 e. The van der Waals surface area contributed by atoms with E-state index in [1.54, 1.807) is 24.3 Å². The molecule has 2 radical (unpaired) electrons. The van der Waals surface area contributed by atoms with E-state index in [1.165, 1.54) is 0 Å². The fourth-order valence-corrected chi connectivity index (χ4v) is 2.44. The number of carbonyl (C=O) groups excluding carboxylic acids is 1. The van der Waals surface area contributed by atoms with Crippen LogP contribution in [0.4, 0.5) is 0 Å². The van der Waals surface area contributed by atoms with Crippen molar-refractivity contribution in [1.29, 1.82) is 0 Å². The van der Waals surface area contributed by atoms with Crippen LogP contribution in [-0.2, 0) is 10.2 Å². The van der Waals surface area contributed by atoms with E-state index < -0.39 is 5.41 Å². The Hall–Kier alpha value is -1.42. The van der Waals surface area contributed by atoms with E-state index >= 15 is 0 Å². The van der Waals surface area contributed by atoms with Crippen LogP contribution in [-0.4, -0.2) is 35.9 Å². The molecule has 1 amide bonds. The summed E-state index contributed by atoms with van der Waals surface area (Å²) >= 11 is 0. The Labute approximate surface area is 102 Å². The summed E-state index contributed by atoms with van der Waals surface area (Å²) in [7, 11) is 7.44. The molecule has 0 aliphatic carbocycles. The first-order chi connectivity index (χ1) is 8.19. The van der Waals surface area contributed by atoms with Gasteiger partial charge in [-0.2, -0.15) is 0 Å². The van der Waals surface area contributed by atoms with Gasteiger partial charge in [0.1, 0.15) is 0 Å². The zero-order chi connectivity index (χ0) is 12.3. The van der Waals surface area contributed by atoms with Gasteiger partial charge in [-0.25, -0.2) is 0 Å². The van der Waals surface area contributed by atoms with Gasteiger partial charge in [0, 0.05) is 26.5 Å². The van der Waals surface area contributed by atoms with Gasteiger partial charge in [0.25, 0.3) is 0 Å². The Morgan fingerprint density at radius 1 is 1.53 bits per heavy atom. The molecule has 1 aromatic rings. The van der Waals surface area contributed by atoms with Gasteiger partial charge < -0.3 is 5.32 Å². The monoisotopic (exact) mass is 231 g/mol. The third-order valence-electron chi connectivity index (χ3n) is 3.53. The maximum Gasteiger partial charge on any atom is 0.230 e. The second-order valence-corrected chi connectivity index (χ2v) is 4.44. The molecule has 0 atom stereocenters. The van der Waals surface area contributed by atoms with E-state index in [0.717, 1.165) is 31.5 Å². The number of likely N-dealkylation sites (tertiary alicyclic amines) is 1. The van der Waals surface area contributed by atoms with Gasteiger partial charge in [0.15, 0.2) is 0 Å². The first-order valence-electron chi connectivity index (χ1n) is 5.81. The maximum atomic E-state index is 12.2. The minimum Gasteiger partial charge on any atom is -0.358 e. The molecule has 2 heterocycles. The van der Waals surface area contributed by atoms with Crippen LogP contribution in [0, 0.1) is 7.05 Å². The van der Waals surface area contributed by atoms with Gasteiger partial charge in [-0.15, -0.1) is 0 Å². The first-order valence-corrected chi connectivity index (χ1v) is 5.81. The van der Waals surface area contributed by atoms with Crippen molar-refractivity contribution in [1.82, 2.24) is 15.2 Å². The average molecular weight is 231 g/mol. The number of nitrogens with one attached hydrogen (secondary N) is 1. The molecule has 17 heavy (non-hydrogen) atoms. The summed E-state index contributed by atoms with van der Waals surface area (Å²) in [6.07, 6.45) is 4.96. The number of piperidine rings is 1. The van der Waals surface area contributed by atoms with Crippen molar-refractivity contribution in [3.8, 4) is 0 Å². The third kappa shape index (κ3) is 2.17. The van der Waals surface area contributed by atoms with Gasteiger partial charge >= 0.3 is 0 Å². The van der Waals surface area contributed by atoms with Crippen LogP contribution in [0.2, 0.25) is 0 Å². The molecule has 1 aromatic heterocycles. The maximum absolute atomic E-state index is 12.2. The summed E-state index contributed by atoms with van der Waals surface area (Å²) < 4.78 is 0. The summed E-state index contributed by atoms with van der Waals surface area (Å²) in [5.74, 6) is 0.0543. The van der Waals surface area contributed by atoms with Crippen LogP contribution in [0.25, 0.3) is 0 Å². The van der Waals surface area contributed by atoms with Crippen molar-refractivity contribution in [3.05, 3.63) is 37.1 Å². The SMILES string of the molecule is [CH]N1CCC(C(=O)NC)(c2cccnc2)CC1. The van der Waals surface area contributed by atoms with Crippen LogP contribution < -0.4 is 5.32 Å². The summed E-state index contributed by atoms with van der Waals surface area (Å²) in [5, 5.41) is 2.76.